The Morgan fingerprint density at radius 3 is 2.44 bits per heavy atom. The van der Waals surface area contributed by atoms with Crippen LogP contribution in [0, 0.1) is 0 Å². The van der Waals surface area contributed by atoms with Crippen LogP contribution in [0.2, 0.25) is 0 Å². The first-order valence-corrected chi connectivity index (χ1v) is 8.71. The molecule has 9 nitrogen and oxygen atoms in total. The zero-order valence-corrected chi connectivity index (χ0v) is 15.4. The predicted octanol–water partition coefficient (Wildman–Crippen LogP) is 0.361. The summed E-state index contributed by atoms with van der Waals surface area (Å²) in [6.07, 6.45) is -6.63. The normalized spacial score (nSPS) is 29.2. The summed E-state index contributed by atoms with van der Waals surface area (Å²) < 4.78 is 15.9. The van der Waals surface area contributed by atoms with Gasteiger partial charge in [-0.05, 0) is 18.4 Å². The number of hydrogen-bond acceptors (Lipinski definition) is 9. The summed E-state index contributed by atoms with van der Waals surface area (Å²) in [6.45, 7) is 4.61. The Balaban J connectivity index is 2.28. The molecular formula is C18H26O9. The maximum atomic E-state index is 11.0. The van der Waals surface area contributed by atoms with Gasteiger partial charge in [0.05, 0.1) is 0 Å². The highest BCUT2D eigenvalue weighted by Gasteiger charge is 2.45. The number of rotatable bonds is 6. The van der Waals surface area contributed by atoms with Gasteiger partial charge in [0, 0.05) is 18.6 Å². The van der Waals surface area contributed by atoms with E-state index in [-0.39, 0.29) is 29.8 Å². The van der Waals surface area contributed by atoms with Gasteiger partial charge in [-0.1, -0.05) is 13.8 Å². The molecule has 1 aliphatic heterocycles. The molecule has 0 radical (unpaired) electrons. The van der Waals surface area contributed by atoms with Crippen molar-refractivity contribution in [1.82, 2.24) is 0 Å². The lowest BCUT2D eigenvalue weighted by atomic mass is 9.96. The Hall–Kier alpha value is -2.07. The number of phenols is 2. The van der Waals surface area contributed by atoms with Crippen LogP contribution in [0.4, 0.5) is 0 Å². The molecule has 0 aliphatic carbocycles. The topological polar surface area (TPSA) is 146 Å². The average Bonchev–Trinajstić information content (AvgIpc) is 2.61. The van der Waals surface area contributed by atoms with E-state index in [9.17, 15) is 30.3 Å². The number of ether oxygens (including phenoxy) is 3. The van der Waals surface area contributed by atoms with Gasteiger partial charge in [-0.2, -0.15) is 0 Å². The molecule has 1 aliphatic rings. The van der Waals surface area contributed by atoms with Crippen molar-refractivity contribution in [1.29, 1.82) is 0 Å². The molecule has 0 unspecified atom stereocenters. The Morgan fingerprint density at radius 1 is 1.19 bits per heavy atom. The molecule has 0 bridgehead atoms. The molecule has 6 atom stereocenters. The first-order valence-electron chi connectivity index (χ1n) is 8.71. The molecule has 1 fully saturated rings. The number of aliphatic hydroxyl groups is 3. The summed E-state index contributed by atoms with van der Waals surface area (Å²) >= 11 is 0. The molecule has 2 rings (SSSR count). The van der Waals surface area contributed by atoms with E-state index in [1.165, 1.54) is 13.0 Å². The van der Waals surface area contributed by atoms with Gasteiger partial charge in [-0.15, -0.1) is 0 Å². The zero-order valence-electron chi connectivity index (χ0n) is 15.4. The summed E-state index contributed by atoms with van der Waals surface area (Å²) in [5.74, 6) is -1.21. The molecule has 5 N–H and O–H groups in total. The lowest BCUT2D eigenvalue weighted by molar-refractivity contribution is -0.278. The monoisotopic (exact) mass is 386 g/mol. The molecule has 1 heterocycles. The third-order valence-electron chi connectivity index (χ3n) is 4.58. The van der Waals surface area contributed by atoms with Gasteiger partial charge < -0.3 is 39.7 Å². The molecule has 0 amide bonds. The summed E-state index contributed by atoms with van der Waals surface area (Å²) in [4.78, 5) is 11.0. The van der Waals surface area contributed by atoms with Crippen molar-refractivity contribution in [3.05, 3.63) is 17.7 Å². The third-order valence-corrected chi connectivity index (χ3v) is 4.58. The van der Waals surface area contributed by atoms with E-state index in [0.717, 1.165) is 6.07 Å². The smallest absolute Gasteiger partial charge is 0.302 e. The van der Waals surface area contributed by atoms with E-state index in [2.05, 4.69) is 0 Å². The fourth-order valence-corrected chi connectivity index (χ4v) is 2.80. The zero-order chi connectivity index (χ0) is 20.3. The molecule has 152 valence electrons. The van der Waals surface area contributed by atoms with Crippen molar-refractivity contribution in [2.45, 2.75) is 63.8 Å². The quantitative estimate of drug-likeness (QED) is 0.437. The van der Waals surface area contributed by atoms with Crippen LogP contribution >= 0.6 is 0 Å². The summed E-state index contributed by atoms with van der Waals surface area (Å²) in [6, 6.07) is 2.51. The average molecular weight is 386 g/mol. The number of aliphatic hydroxyl groups excluding tert-OH is 3. The first kappa shape index (κ1) is 21.2. The SMILES string of the molecule is CC[C@H](C)c1cc(O)cc(O)c1O[C@@H]1O[C@H](COC(C)=O)[C@@H](O)[C@H](O)[C@@H]1O. The Bertz CT molecular complexity index is 662. The van der Waals surface area contributed by atoms with Gasteiger partial charge in [0.1, 0.15) is 36.8 Å². The van der Waals surface area contributed by atoms with Crippen LogP contribution in [0.15, 0.2) is 12.1 Å². The first-order chi connectivity index (χ1) is 12.6. The van der Waals surface area contributed by atoms with E-state index >= 15 is 0 Å². The minimum absolute atomic E-state index is 0.0129. The van der Waals surface area contributed by atoms with Crippen LogP contribution in [0.1, 0.15) is 38.7 Å². The van der Waals surface area contributed by atoms with Crippen molar-refractivity contribution in [2.24, 2.45) is 0 Å². The number of phenolic OH excluding ortho intramolecular Hbond substituents is 2. The van der Waals surface area contributed by atoms with E-state index in [0.29, 0.717) is 12.0 Å². The highest BCUT2D eigenvalue weighted by molar-refractivity contribution is 5.65. The summed E-state index contributed by atoms with van der Waals surface area (Å²) in [7, 11) is 0. The second-order valence-corrected chi connectivity index (χ2v) is 6.63. The van der Waals surface area contributed by atoms with Crippen LogP contribution in [-0.4, -0.2) is 68.8 Å². The highest BCUT2D eigenvalue weighted by Crippen LogP contribution is 2.41. The van der Waals surface area contributed by atoms with Crippen LogP contribution < -0.4 is 4.74 Å². The standard InChI is InChI=1S/C18H26O9/c1-4-8(2)11-5-10(20)6-12(21)17(11)27-18-16(24)15(23)14(22)13(26-18)7-25-9(3)19/h5-6,8,13-16,18,20-24H,4,7H2,1-3H3/t8-,13+,14+,15-,16-,18-/m0/s1. The maximum Gasteiger partial charge on any atom is 0.302 e. The van der Waals surface area contributed by atoms with E-state index in [1.54, 1.807) is 0 Å². The Morgan fingerprint density at radius 2 is 1.85 bits per heavy atom. The van der Waals surface area contributed by atoms with E-state index < -0.39 is 36.7 Å². The number of carbonyl (C=O) groups excluding carboxylic acids is 1. The second-order valence-electron chi connectivity index (χ2n) is 6.63. The number of benzene rings is 1. The van der Waals surface area contributed by atoms with Crippen LogP contribution in [0.3, 0.4) is 0 Å². The van der Waals surface area contributed by atoms with Gasteiger partial charge in [-0.25, -0.2) is 0 Å². The number of carbonyl (C=O) groups is 1. The summed E-state index contributed by atoms with van der Waals surface area (Å²) in [5.41, 5.74) is 0.489. The van der Waals surface area contributed by atoms with E-state index in [1.807, 2.05) is 13.8 Å². The Kier molecular flexibility index (Phi) is 6.88. The van der Waals surface area contributed by atoms with Gasteiger partial charge in [0.25, 0.3) is 0 Å². The molecular weight excluding hydrogens is 360 g/mol. The number of esters is 1. The van der Waals surface area contributed by atoms with Gasteiger partial charge in [0.15, 0.2) is 11.5 Å². The van der Waals surface area contributed by atoms with Crippen molar-refractivity contribution in [3.8, 4) is 17.2 Å². The minimum atomic E-state index is -1.62. The predicted molar refractivity (Wildman–Crippen MR) is 92.4 cm³/mol. The van der Waals surface area contributed by atoms with Crippen LogP contribution in [0.5, 0.6) is 17.2 Å². The molecule has 1 saturated heterocycles. The molecule has 0 aromatic heterocycles. The van der Waals surface area contributed by atoms with Gasteiger partial charge in [0.2, 0.25) is 6.29 Å². The molecule has 27 heavy (non-hydrogen) atoms. The lowest BCUT2D eigenvalue weighted by Gasteiger charge is -2.40. The number of hydrogen-bond donors (Lipinski definition) is 5. The molecule has 1 aromatic rings. The fraction of sp³-hybridized carbons (Fsp3) is 0.611. The summed E-state index contributed by atoms with van der Waals surface area (Å²) in [5, 5.41) is 50.2. The fourth-order valence-electron chi connectivity index (χ4n) is 2.80. The second kappa shape index (κ2) is 8.75. The van der Waals surface area contributed by atoms with Gasteiger partial charge in [-0.3, -0.25) is 4.79 Å². The lowest BCUT2D eigenvalue weighted by Crippen LogP contribution is -2.60. The largest absolute Gasteiger partial charge is 0.508 e. The van der Waals surface area contributed by atoms with Crippen molar-refractivity contribution in [3.63, 3.8) is 0 Å². The van der Waals surface area contributed by atoms with Crippen molar-refractivity contribution >= 4 is 5.97 Å². The number of aromatic hydroxyl groups is 2. The van der Waals surface area contributed by atoms with Crippen molar-refractivity contribution < 1.29 is 44.5 Å². The third kappa shape index (κ3) is 4.81. The molecule has 0 spiro atoms. The van der Waals surface area contributed by atoms with Crippen molar-refractivity contribution in [2.75, 3.05) is 6.61 Å². The molecule has 1 aromatic carbocycles. The van der Waals surface area contributed by atoms with Crippen LogP contribution in [-0.2, 0) is 14.3 Å². The molecule has 9 heteroatoms. The van der Waals surface area contributed by atoms with Crippen LogP contribution in [0.25, 0.3) is 0 Å². The van der Waals surface area contributed by atoms with Gasteiger partial charge >= 0.3 is 5.97 Å². The van der Waals surface area contributed by atoms with E-state index in [4.69, 9.17) is 14.2 Å². The highest BCUT2D eigenvalue weighted by atomic mass is 16.7. The maximum absolute atomic E-state index is 11.0. The minimum Gasteiger partial charge on any atom is -0.508 e. The molecule has 0 saturated carbocycles. The Labute approximate surface area is 156 Å².